The number of carbonyl (C=O) groups is 1. The Labute approximate surface area is 185 Å². The average molecular weight is 436 g/mol. The second-order valence-corrected chi connectivity index (χ2v) is 9.04. The molecule has 2 aliphatic rings. The van der Waals surface area contributed by atoms with Crippen LogP contribution in [0.25, 0.3) is 0 Å². The first kappa shape index (κ1) is 19.9. The molecule has 2 aliphatic heterocycles. The minimum Gasteiger partial charge on any atom is -0.493 e. The van der Waals surface area contributed by atoms with Crippen molar-refractivity contribution in [3.05, 3.63) is 75.7 Å². The van der Waals surface area contributed by atoms with E-state index in [1.54, 1.807) is 18.4 Å². The monoisotopic (exact) mass is 435 g/mol. The molecular weight excluding hydrogens is 410 g/mol. The molecule has 6 nitrogen and oxygen atoms in total. The molecule has 3 heterocycles. The van der Waals surface area contributed by atoms with Crippen molar-refractivity contribution in [2.75, 3.05) is 26.0 Å². The fourth-order valence-corrected chi connectivity index (χ4v) is 5.48. The number of hydrogen-bond acceptors (Lipinski definition) is 6. The van der Waals surface area contributed by atoms with Crippen molar-refractivity contribution in [2.45, 2.75) is 25.7 Å². The van der Waals surface area contributed by atoms with Crippen molar-refractivity contribution in [3.63, 3.8) is 0 Å². The predicted octanol–water partition coefficient (Wildman–Crippen LogP) is 4.18. The molecule has 1 atom stereocenters. The minimum atomic E-state index is -0.310. The van der Waals surface area contributed by atoms with E-state index in [4.69, 9.17) is 9.47 Å². The average Bonchev–Trinajstić information content (AvgIpc) is 3.16. The van der Waals surface area contributed by atoms with Crippen LogP contribution in [-0.2, 0) is 19.6 Å². The smallest absolute Gasteiger partial charge is 0.256 e. The second-order valence-electron chi connectivity index (χ2n) is 7.93. The highest BCUT2D eigenvalue weighted by molar-refractivity contribution is 7.16. The molecule has 0 unspecified atom stereocenters. The van der Waals surface area contributed by atoms with Gasteiger partial charge >= 0.3 is 0 Å². The van der Waals surface area contributed by atoms with Crippen molar-refractivity contribution in [3.8, 4) is 11.5 Å². The first-order valence-corrected chi connectivity index (χ1v) is 11.2. The lowest BCUT2D eigenvalue weighted by Crippen LogP contribution is -2.38. The molecular formula is C24H25N3O3S. The van der Waals surface area contributed by atoms with Crippen molar-refractivity contribution >= 4 is 22.2 Å². The van der Waals surface area contributed by atoms with Gasteiger partial charge in [0.25, 0.3) is 5.91 Å². The molecule has 1 aromatic heterocycles. The third-order valence-electron chi connectivity index (χ3n) is 5.78. The SMILES string of the molecule is COc1cc([C@H]2NC(=O)c3c(sc4c3CCN(C)C4)N2)ccc1OCc1ccccc1. The number of anilines is 1. The molecule has 0 radical (unpaired) electrons. The fourth-order valence-electron chi connectivity index (χ4n) is 4.13. The van der Waals surface area contributed by atoms with Gasteiger partial charge in [0, 0.05) is 18.0 Å². The Morgan fingerprint density at radius 3 is 2.77 bits per heavy atom. The van der Waals surface area contributed by atoms with E-state index in [0.717, 1.165) is 41.2 Å². The number of nitrogens with zero attached hydrogens (tertiary/aromatic N) is 1. The number of carbonyl (C=O) groups excluding carboxylic acids is 1. The second kappa shape index (κ2) is 8.24. The van der Waals surface area contributed by atoms with Crippen LogP contribution in [0.2, 0.25) is 0 Å². The van der Waals surface area contributed by atoms with E-state index in [2.05, 4.69) is 22.6 Å². The summed E-state index contributed by atoms with van der Waals surface area (Å²) >= 11 is 1.69. The van der Waals surface area contributed by atoms with Crippen LogP contribution in [-0.4, -0.2) is 31.5 Å². The molecule has 5 rings (SSSR count). The molecule has 31 heavy (non-hydrogen) atoms. The van der Waals surface area contributed by atoms with Gasteiger partial charge in [-0.3, -0.25) is 4.79 Å². The zero-order valence-electron chi connectivity index (χ0n) is 17.6. The van der Waals surface area contributed by atoms with Crippen LogP contribution >= 0.6 is 11.3 Å². The van der Waals surface area contributed by atoms with Crippen LogP contribution < -0.4 is 20.1 Å². The van der Waals surface area contributed by atoms with E-state index in [9.17, 15) is 4.79 Å². The number of amides is 1. The first-order valence-electron chi connectivity index (χ1n) is 10.4. The van der Waals surface area contributed by atoms with Crippen molar-refractivity contribution in [1.29, 1.82) is 0 Å². The Morgan fingerprint density at radius 2 is 1.97 bits per heavy atom. The number of rotatable bonds is 5. The van der Waals surface area contributed by atoms with Gasteiger partial charge in [0.05, 0.1) is 12.7 Å². The summed E-state index contributed by atoms with van der Waals surface area (Å²) in [6.45, 7) is 2.34. The Hall–Kier alpha value is -3.03. The summed E-state index contributed by atoms with van der Waals surface area (Å²) in [7, 11) is 3.74. The Balaban J connectivity index is 1.36. The third-order valence-corrected chi connectivity index (χ3v) is 6.93. The summed E-state index contributed by atoms with van der Waals surface area (Å²) in [6, 6.07) is 15.8. The first-order chi connectivity index (χ1) is 15.1. The zero-order chi connectivity index (χ0) is 21.4. The van der Waals surface area contributed by atoms with E-state index >= 15 is 0 Å². The van der Waals surface area contributed by atoms with E-state index in [0.29, 0.717) is 18.1 Å². The summed E-state index contributed by atoms with van der Waals surface area (Å²) < 4.78 is 11.5. The largest absolute Gasteiger partial charge is 0.493 e. The van der Waals surface area contributed by atoms with Gasteiger partial charge in [-0.15, -0.1) is 11.3 Å². The Kier molecular flexibility index (Phi) is 5.29. The number of thiophene rings is 1. The lowest BCUT2D eigenvalue weighted by Gasteiger charge is -2.27. The van der Waals surface area contributed by atoms with Crippen LogP contribution in [0.4, 0.5) is 5.00 Å². The molecule has 0 saturated heterocycles. The molecule has 3 aromatic rings. The third kappa shape index (κ3) is 3.86. The highest BCUT2D eigenvalue weighted by Gasteiger charge is 2.33. The van der Waals surface area contributed by atoms with Crippen molar-refractivity contribution in [1.82, 2.24) is 10.2 Å². The van der Waals surface area contributed by atoms with E-state index in [1.165, 1.54) is 10.4 Å². The Bertz CT molecular complexity index is 1110. The molecule has 0 saturated carbocycles. The minimum absolute atomic E-state index is 0.0100. The molecule has 7 heteroatoms. The van der Waals surface area contributed by atoms with Gasteiger partial charge in [-0.2, -0.15) is 0 Å². The molecule has 160 valence electrons. The molecule has 0 aliphatic carbocycles. The van der Waals surface area contributed by atoms with Gasteiger partial charge < -0.3 is 25.0 Å². The van der Waals surface area contributed by atoms with Crippen LogP contribution in [0.5, 0.6) is 11.5 Å². The summed E-state index contributed by atoms with van der Waals surface area (Å²) in [5, 5.41) is 7.58. The van der Waals surface area contributed by atoms with Gasteiger partial charge in [0.1, 0.15) is 17.8 Å². The molecule has 1 amide bonds. The van der Waals surface area contributed by atoms with E-state index in [-0.39, 0.29) is 12.1 Å². The molecule has 0 spiro atoms. The van der Waals surface area contributed by atoms with E-state index in [1.807, 2.05) is 48.5 Å². The number of methoxy groups -OCH3 is 1. The maximum Gasteiger partial charge on any atom is 0.256 e. The van der Waals surface area contributed by atoms with Crippen LogP contribution in [0.1, 0.15) is 38.1 Å². The summed E-state index contributed by atoms with van der Waals surface area (Å²) in [4.78, 5) is 16.5. The van der Waals surface area contributed by atoms with Gasteiger partial charge in [-0.25, -0.2) is 0 Å². The van der Waals surface area contributed by atoms with Crippen LogP contribution in [0.3, 0.4) is 0 Å². The molecule has 0 bridgehead atoms. The van der Waals surface area contributed by atoms with Gasteiger partial charge in [-0.1, -0.05) is 36.4 Å². The summed E-state index contributed by atoms with van der Waals surface area (Å²) in [5.74, 6) is 1.30. The number of benzene rings is 2. The van der Waals surface area contributed by atoms with Crippen LogP contribution in [0.15, 0.2) is 48.5 Å². The topological polar surface area (TPSA) is 62.8 Å². The molecule has 2 N–H and O–H groups in total. The molecule has 0 fully saturated rings. The number of likely N-dealkylation sites (N-methyl/N-ethyl adjacent to an activating group) is 1. The lowest BCUT2D eigenvalue weighted by atomic mass is 10.0. The molecule has 2 aromatic carbocycles. The zero-order valence-corrected chi connectivity index (χ0v) is 18.4. The number of ether oxygens (including phenoxy) is 2. The number of fused-ring (bicyclic) bond motifs is 3. The highest BCUT2D eigenvalue weighted by atomic mass is 32.1. The summed E-state index contributed by atoms with van der Waals surface area (Å²) in [5.41, 5.74) is 4.03. The Morgan fingerprint density at radius 1 is 1.13 bits per heavy atom. The maximum absolute atomic E-state index is 13.0. The van der Waals surface area contributed by atoms with Gasteiger partial charge in [0.15, 0.2) is 11.5 Å². The summed E-state index contributed by atoms with van der Waals surface area (Å²) in [6.07, 6.45) is 0.605. The normalized spacial score (nSPS) is 17.9. The highest BCUT2D eigenvalue weighted by Crippen LogP contribution is 2.41. The van der Waals surface area contributed by atoms with Gasteiger partial charge in [-0.05, 0) is 42.3 Å². The number of hydrogen-bond donors (Lipinski definition) is 2. The van der Waals surface area contributed by atoms with Crippen molar-refractivity contribution in [2.24, 2.45) is 0 Å². The lowest BCUT2D eigenvalue weighted by molar-refractivity contribution is 0.0934. The predicted molar refractivity (Wildman–Crippen MR) is 122 cm³/mol. The van der Waals surface area contributed by atoms with Gasteiger partial charge in [0.2, 0.25) is 0 Å². The number of nitrogens with one attached hydrogen (secondary N) is 2. The fraction of sp³-hybridized carbons (Fsp3) is 0.292. The maximum atomic E-state index is 13.0. The standard InChI is InChI=1S/C24H25N3O3S/c1-27-11-10-17-20(13-27)31-24-21(17)23(28)25-22(26-24)16-8-9-18(19(12-16)29-2)30-14-15-6-4-3-5-7-15/h3-9,12,22,26H,10-11,13-14H2,1-2H3,(H,25,28)/t22-/m0/s1. The van der Waals surface area contributed by atoms with E-state index < -0.39 is 0 Å². The van der Waals surface area contributed by atoms with Crippen LogP contribution in [0, 0.1) is 0 Å². The van der Waals surface area contributed by atoms with Crippen molar-refractivity contribution < 1.29 is 14.3 Å². The quantitative estimate of drug-likeness (QED) is 0.630.